The third kappa shape index (κ3) is 4.23. The SMILES string of the molecule is CCCOc1ccccc1C(O)C1CCC(C(C)C)CC1. The number of aliphatic hydroxyl groups is 1. The number of ether oxygens (including phenoxy) is 1. The van der Waals surface area contributed by atoms with Gasteiger partial charge in [-0.05, 0) is 55.9 Å². The van der Waals surface area contributed by atoms with E-state index in [9.17, 15) is 5.11 Å². The number of rotatable bonds is 6. The summed E-state index contributed by atoms with van der Waals surface area (Å²) < 4.78 is 5.80. The van der Waals surface area contributed by atoms with Crippen molar-refractivity contribution in [1.82, 2.24) is 0 Å². The van der Waals surface area contributed by atoms with Gasteiger partial charge in [0, 0.05) is 5.56 Å². The van der Waals surface area contributed by atoms with E-state index in [2.05, 4.69) is 20.8 Å². The average molecular weight is 290 g/mol. The zero-order valence-corrected chi connectivity index (χ0v) is 13.7. The van der Waals surface area contributed by atoms with Crippen LogP contribution in [-0.4, -0.2) is 11.7 Å². The fraction of sp³-hybridized carbons (Fsp3) is 0.684. The lowest BCUT2D eigenvalue weighted by molar-refractivity contribution is 0.0643. The standard InChI is InChI=1S/C19H30O2/c1-4-13-21-18-8-6-5-7-17(18)19(20)16-11-9-15(10-12-16)14(2)3/h5-8,14-16,19-20H,4,9-13H2,1-3H3. The summed E-state index contributed by atoms with van der Waals surface area (Å²) in [5.74, 6) is 2.84. The van der Waals surface area contributed by atoms with Gasteiger partial charge in [-0.3, -0.25) is 0 Å². The van der Waals surface area contributed by atoms with E-state index in [-0.39, 0.29) is 6.10 Å². The van der Waals surface area contributed by atoms with Crippen LogP contribution in [0.4, 0.5) is 0 Å². The lowest BCUT2D eigenvalue weighted by Crippen LogP contribution is -2.23. The van der Waals surface area contributed by atoms with Gasteiger partial charge < -0.3 is 9.84 Å². The van der Waals surface area contributed by atoms with Gasteiger partial charge in [0.1, 0.15) is 5.75 Å². The molecule has 118 valence electrons. The van der Waals surface area contributed by atoms with Crippen LogP contribution in [0.1, 0.15) is 64.5 Å². The minimum absolute atomic E-state index is 0.381. The summed E-state index contributed by atoms with van der Waals surface area (Å²) in [5, 5.41) is 10.8. The highest BCUT2D eigenvalue weighted by Crippen LogP contribution is 2.41. The molecule has 1 aliphatic carbocycles. The molecule has 0 heterocycles. The van der Waals surface area contributed by atoms with Crippen molar-refractivity contribution in [3.05, 3.63) is 29.8 Å². The zero-order valence-electron chi connectivity index (χ0n) is 13.7. The molecule has 1 atom stereocenters. The zero-order chi connectivity index (χ0) is 15.2. The van der Waals surface area contributed by atoms with Gasteiger partial charge in [0.25, 0.3) is 0 Å². The molecule has 1 saturated carbocycles. The summed E-state index contributed by atoms with van der Waals surface area (Å²) in [7, 11) is 0. The lowest BCUT2D eigenvalue weighted by Gasteiger charge is -2.33. The number of benzene rings is 1. The second-order valence-electron chi connectivity index (χ2n) is 6.75. The Morgan fingerprint density at radius 2 is 1.71 bits per heavy atom. The van der Waals surface area contributed by atoms with Gasteiger partial charge >= 0.3 is 0 Å². The molecule has 0 bridgehead atoms. The molecule has 0 amide bonds. The minimum Gasteiger partial charge on any atom is -0.493 e. The fourth-order valence-electron chi connectivity index (χ4n) is 3.45. The molecule has 1 unspecified atom stereocenters. The van der Waals surface area contributed by atoms with Gasteiger partial charge in [0.2, 0.25) is 0 Å². The minimum atomic E-state index is -0.383. The second kappa shape index (κ2) is 7.84. The maximum Gasteiger partial charge on any atom is 0.125 e. The lowest BCUT2D eigenvalue weighted by atomic mass is 9.74. The van der Waals surface area contributed by atoms with Crippen LogP contribution in [-0.2, 0) is 0 Å². The summed E-state index contributed by atoms with van der Waals surface area (Å²) in [6.07, 6.45) is 5.36. The highest BCUT2D eigenvalue weighted by Gasteiger charge is 2.29. The molecule has 1 aliphatic rings. The van der Waals surface area contributed by atoms with E-state index in [0.717, 1.165) is 42.4 Å². The van der Waals surface area contributed by atoms with Gasteiger partial charge in [-0.2, -0.15) is 0 Å². The van der Waals surface area contributed by atoms with Gasteiger partial charge in [-0.25, -0.2) is 0 Å². The highest BCUT2D eigenvalue weighted by molar-refractivity contribution is 5.35. The normalized spacial score (nSPS) is 24.0. The van der Waals surface area contributed by atoms with E-state index in [1.165, 1.54) is 12.8 Å². The van der Waals surface area contributed by atoms with Gasteiger partial charge in [-0.1, -0.05) is 39.0 Å². The third-order valence-corrected chi connectivity index (χ3v) is 4.91. The van der Waals surface area contributed by atoms with Crippen molar-refractivity contribution >= 4 is 0 Å². The summed E-state index contributed by atoms with van der Waals surface area (Å²) >= 11 is 0. The van der Waals surface area contributed by atoms with E-state index in [0.29, 0.717) is 12.5 Å². The van der Waals surface area contributed by atoms with Crippen LogP contribution < -0.4 is 4.74 Å². The molecule has 0 radical (unpaired) electrons. The van der Waals surface area contributed by atoms with Gasteiger partial charge in [0.15, 0.2) is 0 Å². The van der Waals surface area contributed by atoms with E-state index < -0.39 is 0 Å². The van der Waals surface area contributed by atoms with Crippen LogP contribution in [0.15, 0.2) is 24.3 Å². The van der Waals surface area contributed by atoms with E-state index in [4.69, 9.17) is 4.74 Å². The molecule has 2 heteroatoms. The molecule has 21 heavy (non-hydrogen) atoms. The Kier molecular flexibility index (Phi) is 6.10. The number of hydrogen-bond acceptors (Lipinski definition) is 2. The van der Waals surface area contributed by atoms with Crippen LogP contribution in [0, 0.1) is 17.8 Å². The number of para-hydroxylation sites is 1. The first-order valence-corrected chi connectivity index (χ1v) is 8.53. The summed E-state index contributed by atoms with van der Waals surface area (Å²) in [5.41, 5.74) is 0.971. The molecule has 1 fully saturated rings. The van der Waals surface area contributed by atoms with Crippen molar-refractivity contribution in [2.45, 2.75) is 59.0 Å². The summed E-state index contributed by atoms with van der Waals surface area (Å²) in [6, 6.07) is 7.98. The van der Waals surface area contributed by atoms with Crippen molar-refractivity contribution in [3.8, 4) is 5.75 Å². The molecule has 0 saturated heterocycles. The van der Waals surface area contributed by atoms with Crippen molar-refractivity contribution in [3.63, 3.8) is 0 Å². The van der Waals surface area contributed by atoms with Gasteiger partial charge in [-0.15, -0.1) is 0 Å². The van der Waals surface area contributed by atoms with Crippen LogP contribution in [0.3, 0.4) is 0 Å². The highest BCUT2D eigenvalue weighted by atomic mass is 16.5. The second-order valence-corrected chi connectivity index (χ2v) is 6.75. The molecular formula is C19H30O2. The molecule has 2 nitrogen and oxygen atoms in total. The third-order valence-electron chi connectivity index (χ3n) is 4.91. The number of hydrogen-bond donors (Lipinski definition) is 1. The molecule has 0 aromatic heterocycles. The maximum atomic E-state index is 10.8. The molecule has 0 aliphatic heterocycles. The van der Waals surface area contributed by atoms with Crippen LogP contribution >= 0.6 is 0 Å². The van der Waals surface area contributed by atoms with Crippen molar-refractivity contribution in [2.24, 2.45) is 17.8 Å². The first-order valence-electron chi connectivity index (χ1n) is 8.53. The van der Waals surface area contributed by atoms with Gasteiger partial charge in [0.05, 0.1) is 12.7 Å². The van der Waals surface area contributed by atoms with Crippen LogP contribution in [0.5, 0.6) is 5.75 Å². The Morgan fingerprint density at radius 3 is 2.33 bits per heavy atom. The molecule has 1 N–H and O–H groups in total. The van der Waals surface area contributed by atoms with Crippen LogP contribution in [0.2, 0.25) is 0 Å². The molecule has 0 spiro atoms. The van der Waals surface area contributed by atoms with Crippen molar-refractivity contribution < 1.29 is 9.84 Å². The molecule has 1 aromatic carbocycles. The van der Waals surface area contributed by atoms with Crippen molar-refractivity contribution in [1.29, 1.82) is 0 Å². The Hall–Kier alpha value is -1.02. The van der Waals surface area contributed by atoms with Crippen LogP contribution in [0.25, 0.3) is 0 Å². The smallest absolute Gasteiger partial charge is 0.125 e. The quantitative estimate of drug-likeness (QED) is 0.801. The molecular weight excluding hydrogens is 260 g/mol. The van der Waals surface area contributed by atoms with Crippen molar-refractivity contribution in [2.75, 3.05) is 6.61 Å². The summed E-state index contributed by atoms with van der Waals surface area (Å²) in [4.78, 5) is 0. The van der Waals surface area contributed by atoms with E-state index >= 15 is 0 Å². The molecule has 2 rings (SSSR count). The first kappa shape index (κ1) is 16.4. The number of aliphatic hydroxyl groups excluding tert-OH is 1. The monoisotopic (exact) mass is 290 g/mol. The Morgan fingerprint density at radius 1 is 1.10 bits per heavy atom. The fourth-order valence-corrected chi connectivity index (χ4v) is 3.45. The topological polar surface area (TPSA) is 29.5 Å². The van der Waals surface area contributed by atoms with E-state index in [1.54, 1.807) is 0 Å². The Bertz CT molecular complexity index is 419. The first-order chi connectivity index (χ1) is 10.1. The predicted octanol–water partition coefficient (Wildman–Crippen LogP) is 4.97. The van der Waals surface area contributed by atoms with E-state index in [1.807, 2.05) is 24.3 Å². The summed E-state index contributed by atoms with van der Waals surface area (Å²) in [6.45, 7) is 7.45. The Balaban J connectivity index is 2.02. The Labute approximate surface area is 129 Å². The molecule has 1 aromatic rings. The predicted molar refractivity (Wildman–Crippen MR) is 87.5 cm³/mol. The average Bonchev–Trinajstić information content (AvgIpc) is 2.52. The maximum absolute atomic E-state index is 10.8. The largest absolute Gasteiger partial charge is 0.493 e.